The minimum absolute atomic E-state index is 0.340. The molecule has 0 aliphatic rings. The van der Waals surface area contributed by atoms with E-state index in [2.05, 4.69) is 24.8 Å². The molecule has 0 fully saturated rings. The first-order chi connectivity index (χ1) is 7.02. The standard InChI is InChI=1S/C13H21NO/c1-10-6-5-7-12(11(10)2)13(15)8-9-14(3)4/h5-7,13,15H,8-9H2,1-4H3. The highest BCUT2D eigenvalue weighted by molar-refractivity contribution is 5.34. The molecule has 2 heteroatoms. The molecular weight excluding hydrogens is 186 g/mol. The molecule has 0 radical (unpaired) electrons. The van der Waals surface area contributed by atoms with Gasteiger partial charge in [0.2, 0.25) is 0 Å². The van der Waals surface area contributed by atoms with Crippen molar-refractivity contribution in [2.75, 3.05) is 20.6 Å². The Hall–Kier alpha value is -0.860. The fraction of sp³-hybridized carbons (Fsp3) is 0.538. The molecule has 1 aromatic carbocycles. The second kappa shape index (κ2) is 5.29. The van der Waals surface area contributed by atoms with Crippen LogP contribution in [0.15, 0.2) is 18.2 Å². The summed E-state index contributed by atoms with van der Waals surface area (Å²) in [7, 11) is 4.05. The first-order valence-electron chi connectivity index (χ1n) is 5.41. The van der Waals surface area contributed by atoms with Crippen LogP contribution < -0.4 is 0 Å². The molecule has 0 aliphatic carbocycles. The Balaban J connectivity index is 2.73. The van der Waals surface area contributed by atoms with E-state index in [1.54, 1.807) is 0 Å². The second-order valence-electron chi connectivity index (χ2n) is 4.40. The van der Waals surface area contributed by atoms with E-state index in [1.807, 2.05) is 26.2 Å². The van der Waals surface area contributed by atoms with Crippen molar-refractivity contribution < 1.29 is 5.11 Å². The van der Waals surface area contributed by atoms with Crippen LogP contribution >= 0.6 is 0 Å². The van der Waals surface area contributed by atoms with Gasteiger partial charge in [-0.3, -0.25) is 0 Å². The number of rotatable bonds is 4. The van der Waals surface area contributed by atoms with Crippen LogP contribution in [-0.2, 0) is 0 Å². The zero-order chi connectivity index (χ0) is 11.4. The fourth-order valence-electron chi connectivity index (χ4n) is 1.67. The van der Waals surface area contributed by atoms with Gasteiger partial charge in [-0.2, -0.15) is 0 Å². The largest absolute Gasteiger partial charge is 0.388 e. The van der Waals surface area contributed by atoms with Crippen molar-refractivity contribution in [3.63, 3.8) is 0 Å². The molecule has 0 spiro atoms. The van der Waals surface area contributed by atoms with E-state index in [0.717, 1.165) is 18.5 Å². The molecule has 1 unspecified atom stereocenters. The third-order valence-corrected chi connectivity index (χ3v) is 2.86. The highest BCUT2D eigenvalue weighted by Crippen LogP contribution is 2.22. The van der Waals surface area contributed by atoms with E-state index in [-0.39, 0.29) is 6.10 Å². The lowest BCUT2D eigenvalue weighted by molar-refractivity contribution is 0.153. The van der Waals surface area contributed by atoms with Crippen LogP contribution in [0, 0.1) is 13.8 Å². The summed E-state index contributed by atoms with van der Waals surface area (Å²) >= 11 is 0. The summed E-state index contributed by atoms with van der Waals surface area (Å²) in [5.41, 5.74) is 3.53. The summed E-state index contributed by atoms with van der Waals surface area (Å²) in [6.07, 6.45) is 0.449. The fourth-order valence-corrected chi connectivity index (χ4v) is 1.67. The molecule has 0 amide bonds. The molecule has 15 heavy (non-hydrogen) atoms. The van der Waals surface area contributed by atoms with Crippen LogP contribution in [0.3, 0.4) is 0 Å². The number of hydrogen-bond acceptors (Lipinski definition) is 2. The molecule has 84 valence electrons. The van der Waals surface area contributed by atoms with Gasteiger partial charge in [0.05, 0.1) is 6.10 Å². The Morgan fingerprint density at radius 1 is 1.27 bits per heavy atom. The van der Waals surface area contributed by atoms with E-state index < -0.39 is 0 Å². The first-order valence-corrected chi connectivity index (χ1v) is 5.41. The molecule has 2 nitrogen and oxygen atoms in total. The van der Waals surface area contributed by atoms with Gasteiger partial charge in [0, 0.05) is 6.54 Å². The maximum Gasteiger partial charge on any atom is 0.0804 e. The van der Waals surface area contributed by atoms with Crippen molar-refractivity contribution in [2.45, 2.75) is 26.4 Å². The van der Waals surface area contributed by atoms with Crippen molar-refractivity contribution in [1.82, 2.24) is 4.90 Å². The lowest BCUT2D eigenvalue weighted by atomic mass is 9.97. The molecule has 1 N–H and O–H groups in total. The predicted octanol–water partition coefficient (Wildman–Crippen LogP) is 2.29. The van der Waals surface area contributed by atoms with E-state index in [0.29, 0.717) is 0 Å². The van der Waals surface area contributed by atoms with Crippen molar-refractivity contribution in [1.29, 1.82) is 0 Å². The zero-order valence-corrected chi connectivity index (χ0v) is 10.1. The van der Waals surface area contributed by atoms with Crippen LogP contribution in [0.25, 0.3) is 0 Å². The van der Waals surface area contributed by atoms with Crippen LogP contribution in [0.5, 0.6) is 0 Å². The van der Waals surface area contributed by atoms with Crippen molar-refractivity contribution >= 4 is 0 Å². The first kappa shape index (κ1) is 12.2. The summed E-state index contributed by atoms with van der Waals surface area (Å²) in [5, 5.41) is 10.0. The van der Waals surface area contributed by atoms with Gasteiger partial charge in [0.15, 0.2) is 0 Å². The van der Waals surface area contributed by atoms with Crippen molar-refractivity contribution in [2.24, 2.45) is 0 Å². The SMILES string of the molecule is Cc1cccc(C(O)CCN(C)C)c1C. The summed E-state index contributed by atoms with van der Waals surface area (Å²) in [6.45, 7) is 5.07. The average molecular weight is 207 g/mol. The van der Waals surface area contributed by atoms with E-state index >= 15 is 0 Å². The molecule has 0 aliphatic heterocycles. The lowest BCUT2D eigenvalue weighted by Crippen LogP contribution is -2.16. The smallest absolute Gasteiger partial charge is 0.0804 e. The maximum absolute atomic E-state index is 10.0. The average Bonchev–Trinajstić information content (AvgIpc) is 2.18. The van der Waals surface area contributed by atoms with Gasteiger partial charge in [-0.25, -0.2) is 0 Å². The molecule has 0 bridgehead atoms. The molecule has 0 saturated carbocycles. The highest BCUT2D eigenvalue weighted by atomic mass is 16.3. The van der Waals surface area contributed by atoms with Crippen LogP contribution in [-0.4, -0.2) is 30.6 Å². The number of aliphatic hydroxyl groups is 1. The summed E-state index contributed by atoms with van der Waals surface area (Å²) in [6, 6.07) is 6.11. The number of aliphatic hydroxyl groups excluding tert-OH is 1. The number of aryl methyl sites for hydroxylation is 1. The molecular formula is C13H21NO. The molecule has 0 saturated heterocycles. The van der Waals surface area contributed by atoms with E-state index in [1.165, 1.54) is 11.1 Å². The van der Waals surface area contributed by atoms with Crippen molar-refractivity contribution in [3.8, 4) is 0 Å². The lowest BCUT2D eigenvalue weighted by Gasteiger charge is -2.17. The summed E-state index contributed by atoms with van der Waals surface area (Å²) < 4.78 is 0. The Morgan fingerprint density at radius 2 is 1.93 bits per heavy atom. The Labute approximate surface area is 92.5 Å². The highest BCUT2D eigenvalue weighted by Gasteiger charge is 2.11. The monoisotopic (exact) mass is 207 g/mol. The normalized spacial score (nSPS) is 13.2. The van der Waals surface area contributed by atoms with Crippen LogP contribution in [0.1, 0.15) is 29.2 Å². The third kappa shape index (κ3) is 3.33. The Kier molecular flexibility index (Phi) is 4.30. The molecule has 0 heterocycles. The van der Waals surface area contributed by atoms with Gasteiger partial charge in [-0.05, 0) is 51.1 Å². The topological polar surface area (TPSA) is 23.5 Å². The van der Waals surface area contributed by atoms with E-state index in [4.69, 9.17) is 0 Å². The molecule has 1 atom stereocenters. The number of hydrogen-bond donors (Lipinski definition) is 1. The predicted molar refractivity (Wildman–Crippen MR) is 64.0 cm³/mol. The summed E-state index contributed by atoms with van der Waals surface area (Å²) in [4.78, 5) is 2.09. The van der Waals surface area contributed by atoms with Gasteiger partial charge in [-0.1, -0.05) is 18.2 Å². The van der Waals surface area contributed by atoms with Gasteiger partial charge < -0.3 is 10.0 Å². The van der Waals surface area contributed by atoms with Gasteiger partial charge in [0.1, 0.15) is 0 Å². The Morgan fingerprint density at radius 3 is 2.53 bits per heavy atom. The number of benzene rings is 1. The minimum atomic E-state index is -0.340. The van der Waals surface area contributed by atoms with Crippen LogP contribution in [0.4, 0.5) is 0 Å². The third-order valence-electron chi connectivity index (χ3n) is 2.86. The van der Waals surface area contributed by atoms with Crippen molar-refractivity contribution in [3.05, 3.63) is 34.9 Å². The molecule has 1 aromatic rings. The number of nitrogens with zero attached hydrogens (tertiary/aromatic N) is 1. The second-order valence-corrected chi connectivity index (χ2v) is 4.40. The minimum Gasteiger partial charge on any atom is -0.388 e. The van der Waals surface area contributed by atoms with E-state index in [9.17, 15) is 5.11 Å². The Bertz CT molecular complexity index is 320. The quantitative estimate of drug-likeness (QED) is 0.819. The maximum atomic E-state index is 10.0. The summed E-state index contributed by atoms with van der Waals surface area (Å²) in [5.74, 6) is 0. The zero-order valence-electron chi connectivity index (χ0n) is 10.1. The van der Waals surface area contributed by atoms with Gasteiger partial charge in [-0.15, -0.1) is 0 Å². The van der Waals surface area contributed by atoms with Gasteiger partial charge >= 0.3 is 0 Å². The molecule has 1 rings (SSSR count). The van der Waals surface area contributed by atoms with Crippen LogP contribution in [0.2, 0.25) is 0 Å². The molecule has 0 aromatic heterocycles. The van der Waals surface area contributed by atoms with Gasteiger partial charge in [0.25, 0.3) is 0 Å².